The van der Waals surface area contributed by atoms with Crippen molar-refractivity contribution in [2.75, 3.05) is 0 Å². The van der Waals surface area contributed by atoms with Gasteiger partial charge in [0.1, 0.15) is 0 Å². The van der Waals surface area contributed by atoms with Crippen LogP contribution in [-0.4, -0.2) is 26.2 Å². The van der Waals surface area contributed by atoms with Gasteiger partial charge < -0.3 is 5.32 Å². The van der Waals surface area contributed by atoms with Gasteiger partial charge in [-0.25, -0.2) is 9.67 Å². The van der Waals surface area contributed by atoms with Crippen LogP contribution in [0, 0.1) is 0 Å². The number of amides is 1. The summed E-state index contributed by atoms with van der Waals surface area (Å²) in [6, 6.07) is 19.4. The SMILES string of the molecule is CC(C)(C)NC(=O)c1nc(-c2ccccc2)n(-c2ccccc2)n1. The predicted molar refractivity (Wildman–Crippen MR) is 94.0 cm³/mol. The number of nitrogens with zero attached hydrogens (tertiary/aromatic N) is 3. The first-order valence-corrected chi connectivity index (χ1v) is 7.84. The van der Waals surface area contributed by atoms with E-state index in [1.807, 2.05) is 81.4 Å². The third kappa shape index (κ3) is 3.51. The Morgan fingerprint density at radius 3 is 2.12 bits per heavy atom. The molecule has 1 N–H and O–H groups in total. The fraction of sp³-hybridized carbons (Fsp3) is 0.211. The summed E-state index contributed by atoms with van der Waals surface area (Å²) >= 11 is 0. The largest absolute Gasteiger partial charge is 0.345 e. The van der Waals surface area contributed by atoms with Gasteiger partial charge in [0.05, 0.1) is 5.69 Å². The van der Waals surface area contributed by atoms with Crippen molar-refractivity contribution in [3.05, 3.63) is 66.5 Å². The zero-order chi connectivity index (χ0) is 17.2. The van der Waals surface area contributed by atoms with Crippen molar-refractivity contribution < 1.29 is 4.79 Å². The average Bonchev–Trinajstić information content (AvgIpc) is 3.00. The van der Waals surface area contributed by atoms with Crippen LogP contribution in [0.15, 0.2) is 60.7 Å². The Hall–Kier alpha value is -2.95. The number of carbonyl (C=O) groups is 1. The maximum Gasteiger partial charge on any atom is 0.291 e. The summed E-state index contributed by atoms with van der Waals surface area (Å²) in [4.78, 5) is 16.9. The van der Waals surface area contributed by atoms with E-state index in [2.05, 4.69) is 15.4 Å². The first kappa shape index (κ1) is 15.9. The molecule has 0 radical (unpaired) electrons. The smallest absolute Gasteiger partial charge is 0.291 e. The van der Waals surface area contributed by atoms with E-state index in [-0.39, 0.29) is 17.3 Å². The Labute approximate surface area is 141 Å². The third-order valence-corrected chi connectivity index (χ3v) is 3.33. The average molecular weight is 320 g/mol. The normalized spacial score (nSPS) is 11.3. The third-order valence-electron chi connectivity index (χ3n) is 3.33. The topological polar surface area (TPSA) is 59.8 Å². The molecule has 3 aromatic rings. The molecule has 0 saturated carbocycles. The Morgan fingerprint density at radius 2 is 1.54 bits per heavy atom. The van der Waals surface area contributed by atoms with Crippen LogP contribution in [0.2, 0.25) is 0 Å². The molecular formula is C19H20N4O. The first-order chi connectivity index (χ1) is 11.4. The lowest BCUT2D eigenvalue weighted by atomic mass is 10.1. The van der Waals surface area contributed by atoms with Crippen LogP contribution < -0.4 is 5.32 Å². The van der Waals surface area contributed by atoms with Crippen LogP contribution in [0.25, 0.3) is 17.1 Å². The van der Waals surface area contributed by atoms with Crippen LogP contribution in [0.3, 0.4) is 0 Å². The zero-order valence-electron chi connectivity index (χ0n) is 14.0. The van der Waals surface area contributed by atoms with Crippen molar-refractivity contribution in [1.82, 2.24) is 20.1 Å². The van der Waals surface area contributed by atoms with E-state index in [1.54, 1.807) is 4.68 Å². The lowest BCUT2D eigenvalue weighted by molar-refractivity contribution is 0.0909. The van der Waals surface area contributed by atoms with Gasteiger partial charge in [0.15, 0.2) is 5.82 Å². The van der Waals surface area contributed by atoms with Gasteiger partial charge in [0, 0.05) is 11.1 Å². The van der Waals surface area contributed by atoms with Gasteiger partial charge in [-0.15, -0.1) is 5.10 Å². The molecule has 24 heavy (non-hydrogen) atoms. The molecule has 0 aliphatic rings. The number of carbonyl (C=O) groups excluding carboxylic acids is 1. The van der Waals surface area contributed by atoms with E-state index >= 15 is 0 Å². The summed E-state index contributed by atoms with van der Waals surface area (Å²) in [7, 11) is 0. The molecular weight excluding hydrogens is 300 g/mol. The quantitative estimate of drug-likeness (QED) is 0.804. The van der Waals surface area contributed by atoms with Crippen molar-refractivity contribution in [2.45, 2.75) is 26.3 Å². The minimum atomic E-state index is -0.345. The second-order valence-electron chi connectivity index (χ2n) is 6.58. The van der Waals surface area contributed by atoms with Crippen molar-refractivity contribution in [1.29, 1.82) is 0 Å². The Morgan fingerprint density at radius 1 is 0.958 bits per heavy atom. The van der Waals surface area contributed by atoms with Crippen LogP contribution in [-0.2, 0) is 0 Å². The molecule has 0 unspecified atom stereocenters. The maximum absolute atomic E-state index is 12.4. The van der Waals surface area contributed by atoms with Crippen molar-refractivity contribution in [3.8, 4) is 17.1 Å². The monoisotopic (exact) mass is 320 g/mol. The van der Waals surface area contributed by atoms with Gasteiger partial charge in [0.2, 0.25) is 5.82 Å². The highest BCUT2D eigenvalue weighted by Crippen LogP contribution is 2.21. The maximum atomic E-state index is 12.4. The number of hydrogen-bond donors (Lipinski definition) is 1. The number of rotatable bonds is 3. The molecule has 0 aliphatic carbocycles. The molecule has 2 aromatic carbocycles. The molecule has 0 bridgehead atoms. The second kappa shape index (κ2) is 6.28. The zero-order valence-corrected chi connectivity index (χ0v) is 14.0. The number of nitrogens with one attached hydrogen (secondary N) is 1. The van der Waals surface area contributed by atoms with E-state index in [9.17, 15) is 4.79 Å². The summed E-state index contributed by atoms with van der Waals surface area (Å²) in [5.41, 5.74) is 1.42. The minimum absolute atomic E-state index is 0.160. The Balaban J connectivity index is 2.08. The molecule has 5 nitrogen and oxygen atoms in total. The minimum Gasteiger partial charge on any atom is -0.345 e. The van der Waals surface area contributed by atoms with Crippen LogP contribution in [0.5, 0.6) is 0 Å². The predicted octanol–water partition coefficient (Wildman–Crippen LogP) is 3.46. The lowest BCUT2D eigenvalue weighted by Crippen LogP contribution is -2.41. The van der Waals surface area contributed by atoms with Gasteiger partial charge in [-0.1, -0.05) is 48.5 Å². The van der Waals surface area contributed by atoms with Gasteiger partial charge >= 0.3 is 0 Å². The van der Waals surface area contributed by atoms with Gasteiger partial charge in [-0.3, -0.25) is 4.79 Å². The summed E-state index contributed by atoms with van der Waals surface area (Å²) in [6.07, 6.45) is 0. The molecule has 1 aromatic heterocycles. The Kier molecular flexibility index (Phi) is 4.16. The van der Waals surface area contributed by atoms with E-state index in [1.165, 1.54) is 0 Å². The van der Waals surface area contributed by atoms with Crippen LogP contribution in [0.4, 0.5) is 0 Å². The molecule has 122 valence electrons. The summed E-state index contributed by atoms with van der Waals surface area (Å²) in [6.45, 7) is 5.78. The highest BCUT2D eigenvalue weighted by Gasteiger charge is 2.22. The number of para-hydroxylation sites is 1. The summed E-state index contributed by atoms with van der Waals surface area (Å²) in [5, 5.41) is 7.34. The molecule has 3 rings (SSSR count). The van der Waals surface area contributed by atoms with E-state index < -0.39 is 0 Å². The summed E-state index contributed by atoms with van der Waals surface area (Å²) in [5.74, 6) is 0.517. The van der Waals surface area contributed by atoms with Crippen molar-refractivity contribution >= 4 is 5.91 Å². The first-order valence-electron chi connectivity index (χ1n) is 7.84. The molecule has 1 heterocycles. The van der Waals surface area contributed by atoms with E-state index in [0.29, 0.717) is 5.82 Å². The van der Waals surface area contributed by atoms with Gasteiger partial charge in [0.25, 0.3) is 5.91 Å². The standard InChI is InChI=1S/C19H20N4O/c1-19(2,3)21-18(24)16-20-17(14-10-6-4-7-11-14)23(22-16)15-12-8-5-9-13-15/h4-13H,1-3H3,(H,21,24). The molecule has 0 atom stereocenters. The molecule has 0 fully saturated rings. The van der Waals surface area contributed by atoms with Crippen LogP contribution in [0.1, 0.15) is 31.4 Å². The second-order valence-corrected chi connectivity index (χ2v) is 6.58. The molecule has 0 spiro atoms. The van der Waals surface area contributed by atoms with Gasteiger partial charge in [-0.05, 0) is 32.9 Å². The summed E-state index contributed by atoms with van der Waals surface area (Å²) < 4.78 is 1.70. The molecule has 5 heteroatoms. The lowest BCUT2D eigenvalue weighted by Gasteiger charge is -2.18. The van der Waals surface area contributed by atoms with Gasteiger partial charge in [-0.2, -0.15) is 0 Å². The van der Waals surface area contributed by atoms with Crippen molar-refractivity contribution in [2.24, 2.45) is 0 Å². The fourth-order valence-electron chi connectivity index (χ4n) is 2.33. The highest BCUT2D eigenvalue weighted by atomic mass is 16.2. The van der Waals surface area contributed by atoms with E-state index in [0.717, 1.165) is 11.3 Å². The number of hydrogen-bond acceptors (Lipinski definition) is 3. The van der Waals surface area contributed by atoms with E-state index in [4.69, 9.17) is 0 Å². The molecule has 1 amide bonds. The van der Waals surface area contributed by atoms with Crippen LogP contribution >= 0.6 is 0 Å². The molecule has 0 aliphatic heterocycles. The number of benzene rings is 2. The Bertz CT molecular complexity index is 776. The van der Waals surface area contributed by atoms with Crippen molar-refractivity contribution in [3.63, 3.8) is 0 Å². The fourth-order valence-corrected chi connectivity index (χ4v) is 2.33. The number of aromatic nitrogens is 3. The highest BCUT2D eigenvalue weighted by molar-refractivity contribution is 5.91. The molecule has 0 saturated heterocycles.